The van der Waals surface area contributed by atoms with Gasteiger partial charge < -0.3 is 4.74 Å². The van der Waals surface area contributed by atoms with E-state index in [0.29, 0.717) is 11.4 Å². The Kier molecular flexibility index (Phi) is 3.13. The highest BCUT2D eigenvalue weighted by Crippen LogP contribution is 2.26. The van der Waals surface area contributed by atoms with Crippen LogP contribution in [0, 0.1) is 5.92 Å². The Bertz CT molecular complexity index is 704. The number of para-hydroxylation sites is 1. The van der Waals surface area contributed by atoms with E-state index >= 15 is 0 Å². The molecule has 0 radical (unpaired) electrons. The van der Waals surface area contributed by atoms with E-state index in [4.69, 9.17) is 4.74 Å². The Morgan fingerprint density at radius 1 is 1.19 bits per heavy atom. The van der Waals surface area contributed by atoms with Crippen LogP contribution >= 0.6 is 0 Å². The topological polar surface area (TPSA) is 71.3 Å². The first-order valence-electron chi connectivity index (χ1n) is 6.49. The summed E-state index contributed by atoms with van der Waals surface area (Å²) in [5.74, 6) is -1.06. The van der Waals surface area contributed by atoms with E-state index in [2.05, 4.69) is 10.1 Å². The highest BCUT2D eigenvalue weighted by atomic mass is 16.6. The molecule has 0 N–H and O–H groups in total. The van der Waals surface area contributed by atoms with Crippen molar-refractivity contribution in [3.05, 3.63) is 42.1 Å². The summed E-state index contributed by atoms with van der Waals surface area (Å²) in [5.41, 5.74) is 1.45. The predicted octanol–water partition coefficient (Wildman–Crippen LogP) is 1.88. The summed E-state index contributed by atoms with van der Waals surface area (Å²) >= 11 is 0. The van der Waals surface area contributed by atoms with E-state index in [1.165, 1.54) is 11.1 Å². The average molecular weight is 283 g/mol. The van der Waals surface area contributed by atoms with E-state index in [1.54, 1.807) is 26.0 Å². The SMILES string of the molecule is CC1=N/C(=C\C2C(=O)N(c3ccccc3)N=C2C)C(=O)O1. The molecule has 6 nitrogen and oxygen atoms in total. The zero-order chi connectivity index (χ0) is 15.0. The second kappa shape index (κ2) is 4.97. The fraction of sp³-hybridized carbons (Fsp3) is 0.200. The molecule has 0 aliphatic carbocycles. The van der Waals surface area contributed by atoms with Gasteiger partial charge in [0.2, 0.25) is 0 Å². The number of nitrogens with zero attached hydrogens (tertiary/aromatic N) is 3. The Balaban J connectivity index is 1.90. The summed E-state index contributed by atoms with van der Waals surface area (Å²) in [7, 11) is 0. The minimum atomic E-state index is -0.595. The Morgan fingerprint density at radius 2 is 1.90 bits per heavy atom. The molecule has 106 valence electrons. The third kappa shape index (κ3) is 2.35. The molecular weight excluding hydrogens is 270 g/mol. The average Bonchev–Trinajstić information content (AvgIpc) is 2.93. The largest absolute Gasteiger partial charge is 0.407 e. The molecule has 0 fully saturated rings. The van der Waals surface area contributed by atoms with Crippen LogP contribution in [0.25, 0.3) is 0 Å². The van der Waals surface area contributed by atoms with Crippen molar-refractivity contribution in [3.63, 3.8) is 0 Å². The number of rotatable bonds is 2. The molecule has 2 heterocycles. The maximum atomic E-state index is 12.5. The van der Waals surface area contributed by atoms with Crippen molar-refractivity contribution < 1.29 is 14.3 Å². The van der Waals surface area contributed by atoms with Gasteiger partial charge in [-0.1, -0.05) is 18.2 Å². The monoisotopic (exact) mass is 283 g/mol. The second-order valence-electron chi connectivity index (χ2n) is 4.78. The second-order valence-corrected chi connectivity index (χ2v) is 4.78. The lowest BCUT2D eigenvalue weighted by Crippen LogP contribution is -2.26. The van der Waals surface area contributed by atoms with E-state index in [0.717, 1.165) is 0 Å². The Labute approximate surface area is 121 Å². The molecule has 0 saturated heterocycles. The van der Waals surface area contributed by atoms with E-state index in [9.17, 15) is 9.59 Å². The summed E-state index contributed by atoms with van der Waals surface area (Å²) in [5, 5.41) is 5.60. The molecule has 0 saturated carbocycles. The zero-order valence-corrected chi connectivity index (χ0v) is 11.6. The number of carbonyl (C=O) groups is 2. The fourth-order valence-electron chi connectivity index (χ4n) is 2.21. The molecule has 1 aromatic rings. The van der Waals surface area contributed by atoms with Gasteiger partial charge in [0, 0.05) is 6.92 Å². The number of aliphatic imine (C=N–C) groups is 1. The van der Waals surface area contributed by atoms with Gasteiger partial charge in [-0.05, 0) is 25.1 Å². The first-order valence-corrected chi connectivity index (χ1v) is 6.49. The molecule has 0 bridgehead atoms. The quantitative estimate of drug-likeness (QED) is 0.614. The van der Waals surface area contributed by atoms with Crippen molar-refractivity contribution in [3.8, 4) is 0 Å². The third-order valence-electron chi connectivity index (χ3n) is 3.24. The van der Waals surface area contributed by atoms with E-state index in [-0.39, 0.29) is 17.5 Å². The van der Waals surface area contributed by atoms with Crippen molar-refractivity contribution in [2.75, 3.05) is 5.01 Å². The normalized spacial score (nSPS) is 23.4. The fourth-order valence-corrected chi connectivity index (χ4v) is 2.21. The van der Waals surface area contributed by atoms with Crippen LogP contribution in [-0.2, 0) is 14.3 Å². The summed E-state index contributed by atoms with van der Waals surface area (Å²) in [6.07, 6.45) is 1.50. The molecule has 6 heteroatoms. The van der Waals surface area contributed by atoms with Gasteiger partial charge in [-0.25, -0.2) is 9.79 Å². The third-order valence-corrected chi connectivity index (χ3v) is 3.24. The predicted molar refractivity (Wildman–Crippen MR) is 77.8 cm³/mol. The molecule has 1 aromatic carbocycles. The zero-order valence-electron chi connectivity index (χ0n) is 11.6. The van der Waals surface area contributed by atoms with Crippen LogP contribution in [0.2, 0.25) is 0 Å². The standard InChI is InChI=1S/C15H13N3O3/c1-9-12(8-13-15(20)21-10(2)16-13)14(19)18(17-9)11-6-4-3-5-7-11/h3-8,12H,1-2H3/b13-8-. The Morgan fingerprint density at radius 3 is 2.52 bits per heavy atom. The first-order chi connectivity index (χ1) is 10.1. The molecule has 2 aliphatic heterocycles. The molecule has 0 aromatic heterocycles. The highest BCUT2D eigenvalue weighted by Gasteiger charge is 2.34. The minimum absolute atomic E-state index is 0.148. The highest BCUT2D eigenvalue weighted by molar-refractivity contribution is 6.17. The van der Waals surface area contributed by atoms with Crippen LogP contribution in [-0.4, -0.2) is 23.5 Å². The number of ether oxygens (including phenoxy) is 1. The number of hydrogen-bond acceptors (Lipinski definition) is 5. The van der Waals surface area contributed by atoms with Crippen molar-refractivity contribution in [2.45, 2.75) is 13.8 Å². The summed E-state index contributed by atoms with van der Waals surface area (Å²) in [4.78, 5) is 28.0. The lowest BCUT2D eigenvalue weighted by Gasteiger charge is -2.12. The van der Waals surface area contributed by atoms with Gasteiger partial charge in [-0.2, -0.15) is 10.1 Å². The maximum Gasteiger partial charge on any atom is 0.363 e. The van der Waals surface area contributed by atoms with Crippen LogP contribution in [0.3, 0.4) is 0 Å². The molecule has 1 amide bonds. The summed E-state index contributed by atoms with van der Waals surface area (Å²) in [6, 6.07) is 9.14. The molecule has 3 rings (SSSR count). The number of anilines is 1. The molecule has 0 spiro atoms. The minimum Gasteiger partial charge on any atom is -0.407 e. The lowest BCUT2D eigenvalue weighted by molar-refractivity contribution is -0.130. The smallest absolute Gasteiger partial charge is 0.363 e. The number of carbonyl (C=O) groups excluding carboxylic acids is 2. The van der Waals surface area contributed by atoms with Crippen LogP contribution in [0.1, 0.15) is 13.8 Å². The van der Waals surface area contributed by atoms with Crippen molar-refractivity contribution >= 4 is 29.2 Å². The van der Waals surface area contributed by atoms with Crippen LogP contribution in [0.15, 0.2) is 52.2 Å². The van der Waals surface area contributed by atoms with Gasteiger partial charge in [-0.3, -0.25) is 4.79 Å². The van der Waals surface area contributed by atoms with E-state index < -0.39 is 11.9 Å². The van der Waals surface area contributed by atoms with Crippen molar-refractivity contribution in [1.29, 1.82) is 0 Å². The Hall–Kier alpha value is -2.76. The van der Waals surface area contributed by atoms with Crippen LogP contribution < -0.4 is 5.01 Å². The van der Waals surface area contributed by atoms with Gasteiger partial charge in [0.25, 0.3) is 5.91 Å². The summed E-state index contributed by atoms with van der Waals surface area (Å²) < 4.78 is 4.84. The number of benzene rings is 1. The van der Waals surface area contributed by atoms with Gasteiger partial charge >= 0.3 is 5.97 Å². The van der Waals surface area contributed by atoms with Gasteiger partial charge in [-0.15, -0.1) is 0 Å². The molecule has 1 unspecified atom stereocenters. The lowest BCUT2D eigenvalue weighted by atomic mass is 10.0. The molecule has 21 heavy (non-hydrogen) atoms. The van der Waals surface area contributed by atoms with Crippen molar-refractivity contribution in [1.82, 2.24) is 0 Å². The number of hydrogen-bond donors (Lipinski definition) is 0. The van der Waals surface area contributed by atoms with Crippen LogP contribution in [0.4, 0.5) is 5.69 Å². The molecular formula is C15H13N3O3. The van der Waals surface area contributed by atoms with Gasteiger partial charge in [0.15, 0.2) is 5.90 Å². The molecule has 2 aliphatic rings. The number of amides is 1. The van der Waals surface area contributed by atoms with Crippen molar-refractivity contribution in [2.24, 2.45) is 16.0 Å². The van der Waals surface area contributed by atoms with E-state index in [1.807, 2.05) is 18.2 Å². The van der Waals surface area contributed by atoms with Gasteiger partial charge in [0.05, 0.1) is 11.4 Å². The maximum absolute atomic E-state index is 12.5. The number of esters is 1. The number of cyclic esters (lactones) is 1. The molecule has 1 atom stereocenters. The number of hydrazone groups is 1. The summed E-state index contributed by atoms with van der Waals surface area (Å²) in [6.45, 7) is 3.34. The first kappa shape index (κ1) is 13.2. The van der Waals surface area contributed by atoms with Crippen LogP contribution in [0.5, 0.6) is 0 Å². The van der Waals surface area contributed by atoms with Gasteiger partial charge in [0.1, 0.15) is 11.6 Å².